The van der Waals surface area contributed by atoms with E-state index in [9.17, 15) is 9.90 Å². The number of aliphatic hydroxyl groups excluding tert-OH is 1. The number of aliphatic hydroxyl groups is 1. The maximum absolute atomic E-state index is 11.0. The summed E-state index contributed by atoms with van der Waals surface area (Å²) < 4.78 is 4.92. The van der Waals surface area contributed by atoms with Gasteiger partial charge >= 0.3 is 5.76 Å². The fourth-order valence-electron chi connectivity index (χ4n) is 1.92. The minimum Gasteiger partial charge on any atom is -0.408 e. The number of aromatic nitrogens is 1. The van der Waals surface area contributed by atoms with E-state index in [0.29, 0.717) is 11.1 Å². The molecule has 0 spiro atoms. The predicted molar refractivity (Wildman–Crippen MR) is 64.1 cm³/mol. The van der Waals surface area contributed by atoms with Crippen LogP contribution < -0.4 is 11.1 Å². The minimum atomic E-state index is -0.439. The van der Waals surface area contributed by atoms with Crippen molar-refractivity contribution in [3.63, 3.8) is 0 Å². The molecule has 5 heteroatoms. The lowest BCUT2D eigenvalue weighted by molar-refractivity contribution is 0.220. The van der Waals surface area contributed by atoms with Gasteiger partial charge in [0.2, 0.25) is 0 Å². The summed E-state index contributed by atoms with van der Waals surface area (Å²) in [6.45, 7) is 0.988. The number of anilines is 1. The predicted octanol–water partition coefficient (Wildman–Crippen LogP) is 1.31. The Hall–Kier alpha value is -1.75. The summed E-state index contributed by atoms with van der Waals surface area (Å²) in [6, 6.07) is 5.47. The molecule has 1 heterocycles. The first-order valence-electron chi connectivity index (χ1n) is 5.68. The second-order valence-electron chi connectivity index (χ2n) is 4.74. The number of aromatic amines is 1. The van der Waals surface area contributed by atoms with Crippen molar-refractivity contribution in [2.75, 3.05) is 18.5 Å². The van der Waals surface area contributed by atoms with Crippen LogP contribution in [-0.4, -0.2) is 23.2 Å². The zero-order chi connectivity index (χ0) is 11.9. The fourth-order valence-corrected chi connectivity index (χ4v) is 1.92. The molecule has 3 N–H and O–H groups in total. The van der Waals surface area contributed by atoms with Crippen LogP contribution in [0.25, 0.3) is 11.1 Å². The van der Waals surface area contributed by atoms with Gasteiger partial charge in [-0.25, -0.2) is 4.79 Å². The number of benzene rings is 1. The summed E-state index contributed by atoms with van der Waals surface area (Å²) in [7, 11) is 0. The molecule has 3 rings (SSSR count). The Kier molecular flexibility index (Phi) is 2.22. The number of oxazole rings is 1. The minimum absolute atomic E-state index is 0.0682. The van der Waals surface area contributed by atoms with Gasteiger partial charge < -0.3 is 14.8 Å². The van der Waals surface area contributed by atoms with Crippen molar-refractivity contribution in [3.8, 4) is 0 Å². The Morgan fingerprint density at radius 1 is 1.47 bits per heavy atom. The van der Waals surface area contributed by atoms with Gasteiger partial charge in [0.1, 0.15) is 0 Å². The molecular weight excluding hydrogens is 220 g/mol. The molecule has 1 aliphatic rings. The number of hydrogen-bond donors (Lipinski definition) is 3. The summed E-state index contributed by atoms with van der Waals surface area (Å²) in [4.78, 5) is 13.6. The molecule has 0 amide bonds. The number of hydrogen-bond acceptors (Lipinski definition) is 4. The first-order valence-corrected chi connectivity index (χ1v) is 5.68. The van der Waals surface area contributed by atoms with E-state index >= 15 is 0 Å². The van der Waals surface area contributed by atoms with Gasteiger partial charge in [0.25, 0.3) is 0 Å². The van der Waals surface area contributed by atoms with Crippen molar-refractivity contribution in [1.29, 1.82) is 0 Å². The van der Waals surface area contributed by atoms with Gasteiger partial charge in [0.15, 0.2) is 5.58 Å². The summed E-state index contributed by atoms with van der Waals surface area (Å²) in [5, 5.41) is 12.5. The van der Waals surface area contributed by atoms with Crippen molar-refractivity contribution < 1.29 is 9.52 Å². The van der Waals surface area contributed by atoms with Gasteiger partial charge in [-0.15, -0.1) is 0 Å². The van der Waals surface area contributed by atoms with Crippen LogP contribution in [0.2, 0.25) is 0 Å². The quantitative estimate of drug-likeness (QED) is 0.745. The highest BCUT2D eigenvalue weighted by molar-refractivity contribution is 5.76. The SMILES string of the molecule is O=c1[nH]c2cc(NCC3(CO)CC3)ccc2o1. The Labute approximate surface area is 97.5 Å². The summed E-state index contributed by atoms with van der Waals surface area (Å²) in [5.41, 5.74) is 2.24. The molecule has 0 saturated heterocycles. The van der Waals surface area contributed by atoms with Crippen LogP contribution in [0.5, 0.6) is 0 Å². The molecule has 0 bridgehead atoms. The molecule has 1 saturated carbocycles. The molecule has 2 aromatic rings. The molecule has 0 aliphatic heterocycles. The normalized spacial score (nSPS) is 17.2. The van der Waals surface area contributed by atoms with Crippen LogP contribution in [-0.2, 0) is 0 Å². The third kappa shape index (κ3) is 1.93. The van der Waals surface area contributed by atoms with Crippen molar-refractivity contribution in [1.82, 2.24) is 4.98 Å². The Bertz CT molecular complexity index is 595. The topological polar surface area (TPSA) is 78.3 Å². The van der Waals surface area contributed by atoms with E-state index in [2.05, 4.69) is 10.3 Å². The van der Waals surface area contributed by atoms with Gasteiger partial charge in [0, 0.05) is 17.6 Å². The van der Waals surface area contributed by atoms with Gasteiger partial charge in [-0.2, -0.15) is 0 Å². The van der Waals surface area contributed by atoms with E-state index in [1.54, 1.807) is 6.07 Å². The molecule has 0 unspecified atom stereocenters. The number of nitrogens with one attached hydrogen (secondary N) is 2. The van der Waals surface area contributed by atoms with Crippen LogP contribution >= 0.6 is 0 Å². The van der Waals surface area contributed by atoms with E-state index < -0.39 is 5.76 Å². The van der Waals surface area contributed by atoms with Crippen LogP contribution in [0, 0.1) is 5.41 Å². The van der Waals surface area contributed by atoms with Gasteiger partial charge in [-0.05, 0) is 31.0 Å². The lowest BCUT2D eigenvalue weighted by Gasteiger charge is -2.13. The molecule has 1 aliphatic carbocycles. The number of H-pyrrole nitrogens is 1. The first kappa shape index (κ1) is 10.4. The van der Waals surface area contributed by atoms with Crippen molar-refractivity contribution >= 4 is 16.8 Å². The molecule has 1 aromatic carbocycles. The zero-order valence-corrected chi connectivity index (χ0v) is 9.32. The number of rotatable bonds is 4. The molecule has 1 aromatic heterocycles. The molecular formula is C12H14N2O3. The largest absolute Gasteiger partial charge is 0.417 e. The third-order valence-corrected chi connectivity index (χ3v) is 3.38. The molecule has 17 heavy (non-hydrogen) atoms. The Morgan fingerprint density at radius 3 is 3.00 bits per heavy atom. The lowest BCUT2D eigenvalue weighted by Crippen LogP contribution is -2.18. The lowest BCUT2D eigenvalue weighted by atomic mass is 10.1. The maximum atomic E-state index is 11.0. The second-order valence-corrected chi connectivity index (χ2v) is 4.74. The van der Waals surface area contributed by atoms with Gasteiger partial charge in [-0.1, -0.05) is 0 Å². The zero-order valence-electron chi connectivity index (χ0n) is 9.32. The summed E-state index contributed by atoms with van der Waals surface area (Å²) >= 11 is 0. The van der Waals surface area contributed by atoms with Crippen molar-refractivity contribution in [3.05, 3.63) is 28.7 Å². The van der Waals surface area contributed by atoms with E-state index in [0.717, 1.165) is 25.1 Å². The van der Waals surface area contributed by atoms with E-state index in [1.165, 1.54) is 0 Å². The highest BCUT2D eigenvalue weighted by Crippen LogP contribution is 2.44. The average Bonchev–Trinajstić information content (AvgIpc) is 3.01. The third-order valence-electron chi connectivity index (χ3n) is 3.38. The molecule has 0 radical (unpaired) electrons. The summed E-state index contributed by atoms with van der Waals surface area (Å²) in [6.07, 6.45) is 2.14. The van der Waals surface area contributed by atoms with Gasteiger partial charge in [-0.3, -0.25) is 4.98 Å². The highest BCUT2D eigenvalue weighted by Gasteiger charge is 2.41. The maximum Gasteiger partial charge on any atom is 0.417 e. The first-order chi connectivity index (χ1) is 8.21. The average molecular weight is 234 g/mol. The highest BCUT2D eigenvalue weighted by atomic mass is 16.4. The fraction of sp³-hybridized carbons (Fsp3) is 0.417. The number of fused-ring (bicyclic) bond motifs is 1. The van der Waals surface area contributed by atoms with Crippen LogP contribution in [0.15, 0.2) is 27.4 Å². The molecule has 5 nitrogen and oxygen atoms in total. The van der Waals surface area contributed by atoms with Gasteiger partial charge in [0.05, 0.1) is 12.1 Å². The van der Waals surface area contributed by atoms with E-state index in [1.807, 2.05) is 12.1 Å². The van der Waals surface area contributed by atoms with E-state index in [-0.39, 0.29) is 12.0 Å². The van der Waals surface area contributed by atoms with Crippen molar-refractivity contribution in [2.45, 2.75) is 12.8 Å². The van der Waals surface area contributed by atoms with Crippen LogP contribution in [0.1, 0.15) is 12.8 Å². The van der Waals surface area contributed by atoms with Crippen LogP contribution in [0.3, 0.4) is 0 Å². The van der Waals surface area contributed by atoms with Crippen LogP contribution in [0.4, 0.5) is 5.69 Å². The Morgan fingerprint density at radius 2 is 2.29 bits per heavy atom. The van der Waals surface area contributed by atoms with E-state index in [4.69, 9.17) is 4.42 Å². The second kappa shape index (κ2) is 3.63. The monoisotopic (exact) mass is 234 g/mol. The molecule has 1 fully saturated rings. The molecule has 90 valence electrons. The van der Waals surface area contributed by atoms with Crippen molar-refractivity contribution in [2.24, 2.45) is 5.41 Å². The summed E-state index contributed by atoms with van der Waals surface area (Å²) in [5.74, 6) is -0.439. The standard InChI is InChI=1S/C12H14N2O3/c15-7-12(3-4-12)6-13-8-1-2-10-9(5-8)14-11(16)17-10/h1-2,5,13,15H,3-4,6-7H2,(H,14,16). The molecule has 0 atom stereocenters. The smallest absolute Gasteiger partial charge is 0.408 e. The Balaban J connectivity index is 1.78.